The summed E-state index contributed by atoms with van der Waals surface area (Å²) < 4.78 is 5.01. The Bertz CT molecular complexity index is 584. The highest BCUT2D eigenvalue weighted by atomic mass is 35.5. The number of nitrogens with one attached hydrogen (secondary N) is 1. The zero-order valence-corrected chi connectivity index (χ0v) is 11.7. The number of anilines is 1. The summed E-state index contributed by atoms with van der Waals surface area (Å²) in [5, 5.41) is 13.8. The molecule has 0 spiro atoms. The molecule has 2 rings (SSSR count). The minimum Gasteiger partial charge on any atom is -0.504 e. The highest BCUT2D eigenvalue weighted by Gasteiger charge is 2.04. The SMILES string of the molecule is COc1ccc(CNc2cccc(Cl)c2C)cc1O. The van der Waals surface area contributed by atoms with Gasteiger partial charge in [0, 0.05) is 17.3 Å². The first kappa shape index (κ1) is 13.6. The van der Waals surface area contributed by atoms with E-state index in [0.717, 1.165) is 21.8 Å². The Morgan fingerprint density at radius 2 is 2.05 bits per heavy atom. The lowest BCUT2D eigenvalue weighted by molar-refractivity contribution is 0.373. The molecule has 0 aliphatic rings. The van der Waals surface area contributed by atoms with E-state index in [2.05, 4.69) is 5.32 Å². The second-order valence-corrected chi connectivity index (χ2v) is 4.68. The first-order valence-corrected chi connectivity index (χ1v) is 6.34. The highest BCUT2D eigenvalue weighted by Crippen LogP contribution is 2.27. The summed E-state index contributed by atoms with van der Waals surface area (Å²) in [5.74, 6) is 0.618. The molecule has 0 bridgehead atoms. The molecule has 4 heteroatoms. The molecule has 0 saturated heterocycles. The normalized spacial score (nSPS) is 10.3. The summed E-state index contributed by atoms with van der Waals surface area (Å²) in [6.07, 6.45) is 0. The van der Waals surface area contributed by atoms with Crippen LogP contribution in [-0.2, 0) is 6.54 Å². The third kappa shape index (κ3) is 3.12. The Hall–Kier alpha value is -1.87. The molecule has 0 aliphatic carbocycles. The zero-order chi connectivity index (χ0) is 13.8. The van der Waals surface area contributed by atoms with Crippen molar-refractivity contribution < 1.29 is 9.84 Å². The van der Waals surface area contributed by atoms with E-state index in [1.54, 1.807) is 12.1 Å². The van der Waals surface area contributed by atoms with Gasteiger partial charge in [0.15, 0.2) is 11.5 Å². The van der Waals surface area contributed by atoms with Crippen molar-refractivity contribution in [2.45, 2.75) is 13.5 Å². The molecule has 0 atom stereocenters. The molecule has 2 N–H and O–H groups in total. The second kappa shape index (κ2) is 5.85. The molecule has 0 saturated carbocycles. The van der Waals surface area contributed by atoms with Gasteiger partial charge in [-0.2, -0.15) is 0 Å². The Morgan fingerprint density at radius 3 is 2.74 bits per heavy atom. The first-order chi connectivity index (χ1) is 9.11. The van der Waals surface area contributed by atoms with Crippen LogP contribution in [0.1, 0.15) is 11.1 Å². The second-order valence-electron chi connectivity index (χ2n) is 4.27. The quantitative estimate of drug-likeness (QED) is 0.888. The lowest BCUT2D eigenvalue weighted by atomic mass is 10.1. The molecular formula is C15H16ClNO2. The molecule has 3 nitrogen and oxygen atoms in total. The molecular weight excluding hydrogens is 262 g/mol. The Kier molecular flexibility index (Phi) is 4.17. The number of ether oxygens (including phenoxy) is 1. The van der Waals surface area contributed by atoms with Gasteiger partial charge in [0.1, 0.15) is 0 Å². The van der Waals surface area contributed by atoms with Crippen molar-refractivity contribution in [3.8, 4) is 11.5 Å². The Balaban J connectivity index is 2.10. The van der Waals surface area contributed by atoms with Crippen LogP contribution in [-0.4, -0.2) is 12.2 Å². The lowest BCUT2D eigenvalue weighted by Gasteiger charge is -2.11. The van der Waals surface area contributed by atoms with E-state index in [0.29, 0.717) is 12.3 Å². The number of hydrogen-bond donors (Lipinski definition) is 2. The summed E-state index contributed by atoms with van der Waals surface area (Å²) in [7, 11) is 1.53. The van der Waals surface area contributed by atoms with E-state index in [1.165, 1.54) is 7.11 Å². The predicted octanol–water partition coefficient (Wildman–Crippen LogP) is 3.97. The number of rotatable bonds is 4. The van der Waals surface area contributed by atoms with Crippen LogP contribution in [0.25, 0.3) is 0 Å². The third-order valence-electron chi connectivity index (χ3n) is 2.99. The van der Waals surface area contributed by atoms with Crippen molar-refractivity contribution in [2.24, 2.45) is 0 Å². The van der Waals surface area contributed by atoms with Gasteiger partial charge in [-0.3, -0.25) is 0 Å². The number of methoxy groups -OCH3 is 1. The fraction of sp³-hybridized carbons (Fsp3) is 0.200. The Morgan fingerprint density at radius 1 is 1.26 bits per heavy atom. The van der Waals surface area contributed by atoms with Crippen LogP contribution in [0.15, 0.2) is 36.4 Å². The van der Waals surface area contributed by atoms with E-state index in [4.69, 9.17) is 16.3 Å². The van der Waals surface area contributed by atoms with E-state index < -0.39 is 0 Å². The smallest absolute Gasteiger partial charge is 0.160 e. The van der Waals surface area contributed by atoms with Gasteiger partial charge in [-0.1, -0.05) is 23.7 Å². The van der Waals surface area contributed by atoms with Crippen LogP contribution in [0.2, 0.25) is 5.02 Å². The van der Waals surface area contributed by atoms with Crippen LogP contribution in [0, 0.1) is 6.92 Å². The molecule has 0 aliphatic heterocycles. The van der Waals surface area contributed by atoms with Crippen LogP contribution >= 0.6 is 11.6 Å². The average Bonchev–Trinajstić information content (AvgIpc) is 2.40. The largest absolute Gasteiger partial charge is 0.504 e. The van der Waals surface area contributed by atoms with E-state index in [-0.39, 0.29) is 5.75 Å². The molecule has 2 aromatic rings. The average molecular weight is 278 g/mol. The van der Waals surface area contributed by atoms with E-state index in [1.807, 2.05) is 31.2 Å². The molecule has 19 heavy (non-hydrogen) atoms. The van der Waals surface area contributed by atoms with Crippen molar-refractivity contribution in [3.05, 3.63) is 52.5 Å². The predicted molar refractivity (Wildman–Crippen MR) is 78.2 cm³/mol. The first-order valence-electron chi connectivity index (χ1n) is 5.96. The molecule has 2 aromatic carbocycles. The number of phenolic OH excluding ortho intramolecular Hbond substituents is 1. The number of benzene rings is 2. The third-order valence-corrected chi connectivity index (χ3v) is 3.40. The van der Waals surface area contributed by atoms with Crippen molar-refractivity contribution in [3.63, 3.8) is 0 Å². The monoisotopic (exact) mass is 277 g/mol. The van der Waals surface area contributed by atoms with Crippen molar-refractivity contribution in [1.29, 1.82) is 0 Å². The fourth-order valence-corrected chi connectivity index (χ4v) is 2.02. The van der Waals surface area contributed by atoms with Crippen molar-refractivity contribution in [1.82, 2.24) is 0 Å². The summed E-state index contributed by atoms with van der Waals surface area (Å²) in [5.41, 5.74) is 2.97. The van der Waals surface area contributed by atoms with Gasteiger partial charge in [-0.15, -0.1) is 0 Å². The van der Waals surface area contributed by atoms with Crippen LogP contribution < -0.4 is 10.1 Å². The van der Waals surface area contributed by atoms with Crippen molar-refractivity contribution in [2.75, 3.05) is 12.4 Å². The van der Waals surface area contributed by atoms with Crippen LogP contribution in [0.3, 0.4) is 0 Å². The molecule has 0 fully saturated rings. The summed E-state index contributed by atoms with van der Waals surface area (Å²) in [6, 6.07) is 11.1. The van der Waals surface area contributed by atoms with Gasteiger partial charge >= 0.3 is 0 Å². The molecule has 100 valence electrons. The summed E-state index contributed by atoms with van der Waals surface area (Å²) in [4.78, 5) is 0. The molecule has 0 unspecified atom stereocenters. The zero-order valence-electron chi connectivity index (χ0n) is 10.9. The molecule has 0 aromatic heterocycles. The number of aromatic hydroxyl groups is 1. The highest BCUT2D eigenvalue weighted by molar-refractivity contribution is 6.31. The minimum absolute atomic E-state index is 0.143. The maximum absolute atomic E-state index is 9.71. The van der Waals surface area contributed by atoms with Crippen molar-refractivity contribution >= 4 is 17.3 Å². The van der Waals surface area contributed by atoms with Gasteiger partial charge in [-0.05, 0) is 42.3 Å². The van der Waals surface area contributed by atoms with Gasteiger partial charge in [0.25, 0.3) is 0 Å². The van der Waals surface area contributed by atoms with Gasteiger partial charge in [0.2, 0.25) is 0 Å². The lowest BCUT2D eigenvalue weighted by Crippen LogP contribution is -2.01. The molecule has 0 amide bonds. The Labute approximate surface area is 117 Å². The van der Waals surface area contributed by atoms with Gasteiger partial charge < -0.3 is 15.2 Å². The summed E-state index contributed by atoms with van der Waals surface area (Å²) >= 11 is 6.06. The molecule has 0 heterocycles. The van der Waals surface area contributed by atoms with Gasteiger partial charge in [-0.25, -0.2) is 0 Å². The van der Waals surface area contributed by atoms with Crippen LogP contribution in [0.5, 0.6) is 11.5 Å². The van der Waals surface area contributed by atoms with E-state index >= 15 is 0 Å². The van der Waals surface area contributed by atoms with Crippen LogP contribution in [0.4, 0.5) is 5.69 Å². The maximum atomic E-state index is 9.71. The van der Waals surface area contributed by atoms with Gasteiger partial charge in [0.05, 0.1) is 7.11 Å². The summed E-state index contributed by atoms with van der Waals surface area (Å²) in [6.45, 7) is 2.58. The van der Waals surface area contributed by atoms with E-state index in [9.17, 15) is 5.11 Å². The number of phenols is 1. The standard InChI is InChI=1S/C15H16ClNO2/c1-10-12(16)4-3-5-13(10)17-9-11-6-7-15(19-2)14(18)8-11/h3-8,17-18H,9H2,1-2H3. The molecule has 0 radical (unpaired) electrons. The number of hydrogen-bond acceptors (Lipinski definition) is 3. The topological polar surface area (TPSA) is 41.5 Å². The number of halogens is 1. The maximum Gasteiger partial charge on any atom is 0.160 e. The minimum atomic E-state index is 0.143. The fourth-order valence-electron chi connectivity index (χ4n) is 1.84.